The Kier molecular flexibility index (Phi) is 7.62. The monoisotopic (exact) mass is 458 g/mol. The Labute approximate surface area is 189 Å². The van der Waals surface area contributed by atoms with E-state index >= 15 is 0 Å². The number of rotatable bonds is 8. The first kappa shape index (κ1) is 22.7. The molecule has 3 rings (SSSR count). The van der Waals surface area contributed by atoms with Crippen molar-refractivity contribution in [1.82, 2.24) is 20.1 Å². The van der Waals surface area contributed by atoms with Gasteiger partial charge in [0.25, 0.3) is 17.4 Å². The normalized spacial score (nSPS) is 11.9. The fourth-order valence-corrected chi connectivity index (χ4v) is 3.97. The molecule has 2 amide bonds. The second-order valence-corrected chi connectivity index (χ2v) is 8.92. The maximum absolute atomic E-state index is 12.6. The largest absolute Gasteiger partial charge is 0.350 e. The van der Waals surface area contributed by atoms with Gasteiger partial charge in [-0.05, 0) is 56.6 Å². The molecule has 31 heavy (non-hydrogen) atoms. The summed E-state index contributed by atoms with van der Waals surface area (Å²) in [5.74, 6) is -0.486. The molecule has 0 bridgehead atoms. The van der Waals surface area contributed by atoms with Crippen LogP contribution in [0.5, 0.6) is 0 Å². The number of carbonyl (C=O) groups excluding carboxylic acids is 2. The Morgan fingerprint density at radius 3 is 2.42 bits per heavy atom. The Bertz CT molecular complexity index is 1110. The van der Waals surface area contributed by atoms with Crippen LogP contribution in [0.3, 0.4) is 0 Å². The number of hydrogen-bond donors (Lipinski definition) is 2. The Balaban J connectivity index is 1.63. The number of hydrogen-bond acceptors (Lipinski definition) is 5. The second-order valence-electron chi connectivity index (χ2n) is 7.20. The van der Waals surface area contributed by atoms with E-state index in [1.807, 2.05) is 19.0 Å². The Morgan fingerprint density at radius 1 is 1.06 bits per heavy atom. The van der Waals surface area contributed by atoms with E-state index < -0.39 is 0 Å². The summed E-state index contributed by atoms with van der Waals surface area (Å²) in [5, 5.41) is 5.81. The molecule has 2 heterocycles. The minimum absolute atomic E-state index is 0.144. The third-order valence-electron chi connectivity index (χ3n) is 4.46. The molecule has 1 aromatic carbocycles. The molecule has 1 atom stereocenters. The van der Waals surface area contributed by atoms with Gasteiger partial charge in [-0.1, -0.05) is 17.7 Å². The van der Waals surface area contributed by atoms with Gasteiger partial charge in [-0.25, -0.2) is 0 Å². The summed E-state index contributed by atoms with van der Waals surface area (Å²) < 4.78 is 2.05. The average Bonchev–Trinajstić information content (AvgIpc) is 3.18. The minimum Gasteiger partial charge on any atom is -0.350 e. The molecule has 0 aliphatic carbocycles. The maximum atomic E-state index is 12.6. The van der Waals surface area contributed by atoms with Crippen LogP contribution in [-0.2, 0) is 0 Å². The zero-order chi connectivity index (χ0) is 22.4. The number of carbonyl (C=O) groups is 2. The van der Waals surface area contributed by atoms with Crippen LogP contribution < -0.4 is 16.2 Å². The van der Waals surface area contributed by atoms with Crippen molar-refractivity contribution >= 4 is 34.8 Å². The van der Waals surface area contributed by atoms with Crippen molar-refractivity contribution in [1.29, 1.82) is 0 Å². The van der Waals surface area contributed by atoms with Crippen molar-refractivity contribution in [2.45, 2.75) is 6.04 Å². The van der Waals surface area contributed by atoms with E-state index in [1.165, 1.54) is 22.0 Å². The molecule has 0 spiro atoms. The number of nitrogens with zero attached hydrogens (tertiary/aromatic N) is 2. The second kappa shape index (κ2) is 10.4. The van der Waals surface area contributed by atoms with Crippen molar-refractivity contribution in [3.05, 3.63) is 85.9 Å². The van der Waals surface area contributed by atoms with Gasteiger partial charge in [0.2, 0.25) is 0 Å². The summed E-state index contributed by atoms with van der Waals surface area (Å²) in [6, 6.07) is 14.8. The molecule has 0 fully saturated rings. The fourth-order valence-electron chi connectivity index (χ4n) is 3.03. The molecule has 162 valence electrons. The summed E-state index contributed by atoms with van der Waals surface area (Å²) in [5.41, 5.74) is 0.996. The van der Waals surface area contributed by atoms with Crippen LogP contribution in [0.15, 0.2) is 65.6 Å². The van der Waals surface area contributed by atoms with E-state index in [1.54, 1.807) is 54.7 Å². The maximum Gasteiger partial charge on any atom is 0.261 e. The van der Waals surface area contributed by atoms with Crippen molar-refractivity contribution in [3.63, 3.8) is 0 Å². The number of aromatic nitrogens is 1. The lowest BCUT2D eigenvalue weighted by Gasteiger charge is -2.22. The van der Waals surface area contributed by atoms with Crippen molar-refractivity contribution < 1.29 is 9.59 Å². The number of likely N-dealkylation sites (N-methyl/N-ethyl adjacent to an activating group) is 1. The first-order valence-electron chi connectivity index (χ1n) is 9.61. The Hall–Kier alpha value is -2.94. The third-order valence-corrected chi connectivity index (χ3v) is 5.69. The summed E-state index contributed by atoms with van der Waals surface area (Å²) in [4.78, 5) is 39.4. The standard InChI is InChI=1S/C22H23ClN4O3S/c1-26(2)14-16(25-22(30)18-10-11-19(23)31-18)13-24-21(29)15-6-8-17(9-7-15)27-12-4-3-5-20(27)28/h3-12,16H,13-14H2,1-2H3,(H,24,29)(H,25,30). The van der Waals surface area contributed by atoms with Crippen LogP contribution in [0.4, 0.5) is 0 Å². The van der Waals surface area contributed by atoms with Gasteiger partial charge in [0.15, 0.2) is 0 Å². The molecule has 7 nitrogen and oxygen atoms in total. The molecule has 0 radical (unpaired) electrons. The molecular formula is C22H23ClN4O3S. The van der Waals surface area contributed by atoms with Crippen molar-refractivity contribution in [3.8, 4) is 5.69 Å². The number of nitrogens with one attached hydrogen (secondary N) is 2. The van der Waals surface area contributed by atoms with Crippen molar-refractivity contribution in [2.24, 2.45) is 0 Å². The van der Waals surface area contributed by atoms with E-state index in [4.69, 9.17) is 11.6 Å². The van der Waals surface area contributed by atoms with Gasteiger partial charge in [-0.15, -0.1) is 11.3 Å². The molecule has 0 saturated heterocycles. The highest BCUT2D eigenvalue weighted by atomic mass is 35.5. The van der Waals surface area contributed by atoms with Gasteiger partial charge in [0, 0.05) is 36.6 Å². The predicted molar refractivity (Wildman–Crippen MR) is 124 cm³/mol. The molecule has 2 aromatic heterocycles. The van der Waals surface area contributed by atoms with Crippen LogP contribution in [0.25, 0.3) is 5.69 Å². The topological polar surface area (TPSA) is 83.4 Å². The number of pyridine rings is 1. The predicted octanol–water partition coefficient (Wildman–Crippen LogP) is 2.64. The fraction of sp³-hybridized carbons (Fsp3) is 0.227. The highest BCUT2D eigenvalue weighted by molar-refractivity contribution is 7.18. The van der Waals surface area contributed by atoms with E-state index in [2.05, 4.69) is 10.6 Å². The zero-order valence-corrected chi connectivity index (χ0v) is 18.7. The first-order valence-corrected chi connectivity index (χ1v) is 10.8. The summed E-state index contributed by atoms with van der Waals surface area (Å²) in [6.07, 6.45) is 1.67. The summed E-state index contributed by atoms with van der Waals surface area (Å²) in [7, 11) is 3.79. The molecule has 1 unspecified atom stereocenters. The number of halogens is 1. The van der Waals surface area contributed by atoms with E-state index in [9.17, 15) is 14.4 Å². The van der Waals surface area contributed by atoms with E-state index in [0.29, 0.717) is 27.0 Å². The number of thiophene rings is 1. The molecule has 3 aromatic rings. The average molecular weight is 459 g/mol. The van der Waals surface area contributed by atoms with Gasteiger partial charge in [0.1, 0.15) is 0 Å². The lowest BCUT2D eigenvalue weighted by molar-refractivity contribution is 0.0904. The van der Waals surface area contributed by atoms with Crippen LogP contribution in [0.1, 0.15) is 20.0 Å². The SMILES string of the molecule is CN(C)CC(CNC(=O)c1ccc(-n2ccccc2=O)cc1)NC(=O)c1ccc(Cl)s1. The van der Waals surface area contributed by atoms with Gasteiger partial charge >= 0.3 is 0 Å². The summed E-state index contributed by atoms with van der Waals surface area (Å²) >= 11 is 7.12. The zero-order valence-electron chi connectivity index (χ0n) is 17.2. The number of benzene rings is 1. The minimum atomic E-state index is -0.283. The summed E-state index contributed by atoms with van der Waals surface area (Å²) in [6.45, 7) is 0.822. The third kappa shape index (κ3) is 6.27. The van der Waals surface area contributed by atoms with Gasteiger partial charge in [0.05, 0.1) is 15.3 Å². The quantitative estimate of drug-likeness (QED) is 0.543. The number of amides is 2. The highest BCUT2D eigenvalue weighted by Gasteiger charge is 2.17. The molecule has 9 heteroatoms. The molecule has 0 aliphatic rings. The first-order chi connectivity index (χ1) is 14.8. The van der Waals surface area contributed by atoms with Crippen LogP contribution in [0, 0.1) is 0 Å². The smallest absolute Gasteiger partial charge is 0.261 e. The van der Waals surface area contributed by atoms with E-state index in [0.717, 1.165) is 0 Å². The van der Waals surface area contributed by atoms with Gasteiger partial charge in [-0.2, -0.15) is 0 Å². The molecule has 0 saturated carbocycles. The highest BCUT2D eigenvalue weighted by Crippen LogP contribution is 2.21. The lowest BCUT2D eigenvalue weighted by atomic mass is 10.1. The van der Waals surface area contributed by atoms with Crippen molar-refractivity contribution in [2.75, 3.05) is 27.2 Å². The van der Waals surface area contributed by atoms with Crippen LogP contribution in [-0.4, -0.2) is 54.5 Å². The van der Waals surface area contributed by atoms with Gasteiger partial charge in [-0.3, -0.25) is 19.0 Å². The van der Waals surface area contributed by atoms with Crippen LogP contribution in [0.2, 0.25) is 4.34 Å². The molecule has 0 aliphatic heterocycles. The van der Waals surface area contributed by atoms with Crippen LogP contribution >= 0.6 is 22.9 Å². The van der Waals surface area contributed by atoms with Gasteiger partial charge < -0.3 is 15.5 Å². The molecule has 2 N–H and O–H groups in total. The molecular weight excluding hydrogens is 436 g/mol. The Morgan fingerprint density at radius 2 is 1.81 bits per heavy atom. The lowest BCUT2D eigenvalue weighted by Crippen LogP contribution is -2.48. The van der Waals surface area contributed by atoms with E-state index in [-0.39, 0.29) is 30.0 Å².